The van der Waals surface area contributed by atoms with Crippen molar-refractivity contribution in [2.45, 2.75) is 31.1 Å². The van der Waals surface area contributed by atoms with Gasteiger partial charge in [0.2, 0.25) is 0 Å². The van der Waals surface area contributed by atoms with Gasteiger partial charge in [-0.25, -0.2) is 0 Å². The summed E-state index contributed by atoms with van der Waals surface area (Å²) in [5.41, 5.74) is 6.20. The van der Waals surface area contributed by atoms with Gasteiger partial charge in [0, 0.05) is 18.4 Å². The summed E-state index contributed by atoms with van der Waals surface area (Å²) in [5, 5.41) is 0. The number of benzene rings is 2. The summed E-state index contributed by atoms with van der Waals surface area (Å²) in [6.07, 6.45) is 3.96. The Morgan fingerprint density at radius 3 is 2.04 bits per heavy atom. The van der Waals surface area contributed by atoms with Gasteiger partial charge >= 0.3 is 0 Å². The van der Waals surface area contributed by atoms with Crippen molar-refractivity contribution in [2.75, 3.05) is 32.8 Å². The Hall–Kier alpha value is -1.35. The molecule has 1 saturated heterocycles. The van der Waals surface area contributed by atoms with Gasteiger partial charge < -0.3 is 9.64 Å². The fourth-order valence-corrected chi connectivity index (χ4v) is 5.36. The van der Waals surface area contributed by atoms with E-state index in [-0.39, 0.29) is 12.4 Å². The Balaban J connectivity index is 0.00000168. The maximum absolute atomic E-state index is 6.18. The molecule has 1 heterocycles. The van der Waals surface area contributed by atoms with E-state index < -0.39 is 0 Å². The molecule has 6 rings (SSSR count). The third-order valence-corrected chi connectivity index (χ3v) is 6.51. The molecule has 26 heavy (non-hydrogen) atoms. The summed E-state index contributed by atoms with van der Waals surface area (Å²) in [6, 6.07) is 18.2. The van der Waals surface area contributed by atoms with Crippen LogP contribution in [0.1, 0.15) is 53.4 Å². The lowest BCUT2D eigenvalue weighted by atomic mass is 9.59. The Morgan fingerprint density at radius 2 is 1.42 bits per heavy atom. The van der Waals surface area contributed by atoms with Gasteiger partial charge in [0.25, 0.3) is 0 Å². The molecule has 2 aromatic rings. The summed E-state index contributed by atoms with van der Waals surface area (Å²) in [7, 11) is 0. The number of ether oxygens (including phenoxy) is 1. The van der Waals surface area contributed by atoms with Crippen molar-refractivity contribution in [1.82, 2.24) is 4.90 Å². The Kier molecular flexibility index (Phi) is 5.35. The standard InChI is InChI=1S/C23H27NO.ClH/c1-3-9-20-18(7-1)22-15-17(16-25-14-13-24-11-5-6-12-24)23(20)21-10-4-2-8-19(21)22;/h1-4,7-10,17,22-23H,5-6,11-16H2;1H. The molecule has 0 N–H and O–H groups in total. The van der Waals surface area contributed by atoms with E-state index >= 15 is 0 Å². The predicted molar refractivity (Wildman–Crippen MR) is 108 cm³/mol. The van der Waals surface area contributed by atoms with E-state index in [1.54, 1.807) is 22.3 Å². The molecule has 1 unspecified atom stereocenters. The highest BCUT2D eigenvalue weighted by atomic mass is 35.5. The van der Waals surface area contributed by atoms with Gasteiger partial charge in [-0.15, -0.1) is 12.4 Å². The first kappa shape index (κ1) is 18.0. The second-order valence-corrected chi connectivity index (χ2v) is 7.91. The monoisotopic (exact) mass is 369 g/mol. The molecule has 1 atom stereocenters. The van der Waals surface area contributed by atoms with Crippen molar-refractivity contribution < 1.29 is 4.74 Å². The van der Waals surface area contributed by atoms with Gasteiger partial charge in [-0.2, -0.15) is 0 Å². The molecule has 4 aliphatic rings. The van der Waals surface area contributed by atoms with E-state index in [9.17, 15) is 0 Å². The second-order valence-electron chi connectivity index (χ2n) is 7.91. The number of halogens is 1. The van der Waals surface area contributed by atoms with E-state index in [0.717, 1.165) is 19.8 Å². The Labute approximate surface area is 163 Å². The van der Waals surface area contributed by atoms with Crippen LogP contribution in [0.15, 0.2) is 48.5 Å². The lowest BCUT2D eigenvalue weighted by molar-refractivity contribution is 0.0689. The molecular weight excluding hydrogens is 342 g/mol. The first-order valence-corrected chi connectivity index (χ1v) is 9.89. The average molecular weight is 370 g/mol. The van der Waals surface area contributed by atoms with Crippen LogP contribution in [0.5, 0.6) is 0 Å². The summed E-state index contributed by atoms with van der Waals surface area (Å²) in [6.45, 7) is 5.42. The number of nitrogens with zero attached hydrogens (tertiary/aromatic N) is 1. The van der Waals surface area contributed by atoms with Crippen molar-refractivity contribution in [1.29, 1.82) is 0 Å². The molecule has 2 bridgehead atoms. The number of hydrogen-bond acceptors (Lipinski definition) is 2. The smallest absolute Gasteiger partial charge is 0.0593 e. The average Bonchev–Trinajstić information content (AvgIpc) is 3.19. The third kappa shape index (κ3) is 3.09. The molecule has 138 valence electrons. The molecule has 3 heteroatoms. The van der Waals surface area contributed by atoms with Gasteiger partial charge in [-0.3, -0.25) is 0 Å². The minimum atomic E-state index is 0. The Bertz CT molecular complexity index is 708. The second kappa shape index (κ2) is 7.72. The molecule has 2 nitrogen and oxygen atoms in total. The first-order chi connectivity index (χ1) is 12.4. The van der Waals surface area contributed by atoms with Crippen LogP contribution in [0.3, 0.4) is 0 Å². The normalized spacial score (nSPS) is 26.2. The highest BCUT2D eigenvalue weighted by Gasteiger charge is 2.42. The van der Waals surface area contributed by atoms with Crippen LogP contribution in [-0.2, 0) is 4.74 Å². The molecule has 0 amide bonds. The zero-order chi connectivity index (χ0) is 16.6. The third-order valence-electron chi connectivity index (χ3n) is 6.51. The molecule has 0 aromatic heterocycles. The number of fused-ring (bicyclic) bond motifs is 1. The van der Waals surface area contributed by atoms with Crippen LogP contribution < -0.4 is 0 Å². The van der Waals surface area contributed by atoms with Crippen LogP contribution >= 0.6 is 12.4 Å². The van der Waals surface area contributed by atoms with Gasteiger partial charge in [0.1, 0.15) is 0 Å². The van der Waals surface area contributed by atoms with Crippen molar-refractivity contribution in [3.8, 4) is 0 Å². The van der Waals surface area contributed by atoms with E-state index in [1.807, 2.05) is 0 Å². The van der Waals surface area contributed by atoms with Gasteiger partial charge in [0.15, 0.2) is 0 Å². The molecule has 1 aliphatic heterocycles. The number of hydrogen-bond donors (Lipinski definition) is 0. The molecule has 0 radical (unpaired) electrons. The topological polar surface area (TPSA) is 12.5 Å². The molecule has 0 saturated carbocycles. The molecular formula is C23H28ClNO. The van der Waals surface area contributed by atoms with E-state index in [1.165, 1.54) is 32.4 Å². The van der Waals surface area contributed by atoms with Crippen LogP contribution in [0.25, 0.3) is 0 Å². The highest BCUT2D eigenvalue weighted by molar-refractivity contribution is 5.85. The predicted octanol–water partition coefficient (Wildman–Crippen LogP) is 4.82. The van der Waals surface area contributed by atoms with E-state index in [4.69, 9.17) is 4.74 Å². The van der Waals surface area contributed by atoms with Crippen molar-refractivity contribution in [3.63, 3.8) is 0 Å². The van der Waals surface area contributed by atoms with Crippen LogP contribution in [-0.4, -0.2) is 37.7 Å². The minimum Gasteiger partial charge on any atom is -0.380 e. The lowest BCUT2D eigenvalue weighted by Gasteiger charge is -2.45. The lowest BCUT2D eigenvalue weighted by Crippen LogP contribution is -2.35. The molecule has 0 spiro atoms. The highest BCUT2D eigenvalue weighted by Crippen LogP contribution is 2.55. The van der Waals surface area contributed by atoms with Crippen molar-refractivity contribution >= 4 is 12.4 Å². The summed E-state index contributed by atoms with van der Waals surface area (Å²) < 4.78 is 6.18. The minimum absolute atomic E-state index is 0. The molecule has 1 fully saturated rings. The molecule has 2 aromatic carbocycles. The number of likely N-dealkylation sites (tertiary alicyclic amines) is 1. The van der Waals surface area contributed by atoms with E-state index in [0.29, 0.717) is 17.8 Å². The number of rotatable bonds is 5. The summed E-state index contributed by atoms with van der Waals surface area (Å²) >= 11 is 0. The largest absolute Gasteiger partial charge is 0.380 e. The fourth-order valence-electron chi connectivity index (χ4n) is 5.36. The maximum atomic E-state index is 6.18. The van der Waals surface area contributed by atoms with E-state index in [2.05, 4.69) is 53.4 Å². The molecule has 3 aliphatic carbocycles. The van der Waals surface area contributed by atoms with Crippen LogP contribution in [0.2, 0.25) is 0 Å². The SMILES string of the molecule is Cl.c1ccc2c(c1)C1CC(COCCN3CCCC3)C2c2ccccc21. The van der Waals surface area contributed by atoms with Gasteiger partial charge in [-0.1, -0.05) is 48.5 Å². The Morgan fingerprint density at radius 1 is 0.846 bits per heavy atom. The quantitative estimate of drug-likeness (QED) is 0.701. The summed E-state index contributed by atoms with van der Waals surface area (Å²) in [4.78, 5) is 2.54. The first-order valence-electron chi connectivity index (χ1n) is 9.89. The van der Waals surface area contributed by atoms with Crippen molar-refractivity contribution in [2.24, 2.45) is 5.92 Å². The van der Waals surface area contributed by atoms with Gasteiger partial charge in [0.05, 0.1) is 13.2 Å². The van der Waals surface area contributed by atoms with Crippen molar-refractivity contribution in [3.05, 3.63) is 70.8 Å². The van der Waals surface area contributed by atoms with Gasteiger partial charge in [-0.05, 0) is 60.5 Å². The summed E-state index contributed by atoms with van der Waals surface area (Å²) in [5.74, 6) is 1.70. The van der Waals surface area contributed by atoms with Crippen LogP contribution in [0, 0.1) is 5.92 Å². The zero-order valence-electron chi connectivity index (χ0n) is 15.3. The fraction of sp³-hybridized carbons (Fsp3) is 0.478. The maximum Gasteiger partial charge on any atom is 0.0593 e. The van der Waals surface area contributed by atoms with Crippen LogP contribution in [0.4, 0.5) is 0 Å². The zero-order valence-corrected chi connectivity index (χ0v) is 16.1.